The van der Waals surface area contributed by atoms with Crippen LogP contribution < -0.4 is 5.32 Å². The molecule has 0 aliphatic carbocycles. The van der Waals surface area contributed by atoms with Gasteiger partial charge in [-0.2, -0.15) is 4.80 Å². The van der Waals surface area contributed by atoms with Crippen LogP contribution in [0.5, 0.6) is 0 Å². The number of hydrogen-bond donors (Lipinski definition) is 1. The topological polar surface area (TPSA) is 55.6 Å². The predicted molar refractivity (Wildman–Crippen MR) is 90.2 cm³/mol. The smallest absolute Gasteiger partial charge is 0.162 e. The molecule has 1 unspecified atom stereocenters. The monoisotopic (exact) mass is 307 g/mol. The van der Waals surface area contributed by atoms with Crippen LogP contribution in [0.15, 0.2) is 42.7 Å². The molecule has 118 valence electrons. The summed E-state index contributed by atoms with van der Waals surface area (Å²) in [6, 6.07) is 13.4. The molecule has 1 aromatic heterocycles. The van der Waals surface area contributed by atoms with Crippen molar-refractivity contribution in [3.8, 4) is 0 Å². The largest absolute Gasteiger partial charge is 0.316 e. The van der Waals surface area contributed by atoms with Gasteiger partial charge in [0.25, 0.3) is 0 Å². The number of fused-ring (bicyclic) bond motifs is 1. The van der Waals surface area contributed by atoms with E-state index in [4.69, 9.17) is 0 Å². The summed E-state index contributed by atoms with van der Waals surface area (Å²) in [6.07, 6.45) is 3.90. The molecule has 1 saturated heterocycles. The number of tetrazole rings is 1. The molecule has 23 heavy (non-hydrogen) atoms. The van der Waals surface area contributed by atoms with Crippen molar-refractivity contribution in [1.82, 2.24) is 25.5 Å². The molecule has 1 aliphatic rings. The summed E-state index contributed by atoms with van der Waals surface area (Å²) in [4.78, 5) is 1.77. The van der Waals surface area contributed by atoms with E-state index in [2.05, 4.69) is 64.0 Å². The number of nitrogens with one attached hydrogen (secondary N) is 1. The van der Waals surface area contributed by atoms with E-state index in [1.54, 1.807) is 4.80 Å². The molecular weight excluding hydrogens is 286 g/mol. The molecule has 5 heteroatoms. The second-order valence-electron chi connectivity index (χ2n) is 6.42. The number of nitrogens with zero attached hydrogens (tertiary/aromatic N) is 4. The Bertz CT molecular complexity index is 790. The molecule has 0 bridgehead atoms. The maximum atomic E-state index is 4.33. The van der Waals surface area contributed by atoms with Gasteiger partial charge < -0.3 is 5.32 Å². The van der Waals surface area contributed by atoms with E-state index in [0.29, 0.717) is 5.92 Å². The molecule has 0 spiro atoms. The molecule has 0 amide bonds. The van der Waals surface area contributed by atoms with Crippen molar-refractivity contribution in [2.45, 2.75) is 25.8 Å². The minimum absolute atomic E-state index is 0.135. The Morgan fingerprint density at radius 2 is 2.04 bits per heavy atom. The number of aryl methyl sites for hydroxylation is 1. The molecule has 0 saturated carbocycles. The van der Waals surface area contributed by atoms with Crippen LogP contribution in [0.2, 0.25) is 0 Å². The zero-order valence-electron chi connectivity index (χ0n) is 13.3. The minimum Gasteiger partial charge on any atom is -0.316 e. The van der Waals surface area contributed by atoms with Gasteiger partial charge in [-0.1, -0.05) is 35.9 Å². The van der Waals surface area contributed by atoms with Crippen molar-refractivity contribution in [2.24, 2.45) is 5.92 Å². The lowest BCUT2D eigenvalue weighted by molar-refractivity contribution is 0.261. The van der Waals surface area contributed by atoms with Gasteiger partial charge in [0.15, 0.2) is 6.33 Å². The number of hydrogen-bond acceptors (Lipinski definition) is 4. The highest BCUT2D eigenvalue weighted by molar-refractivity contribution is 5.83. The lowest BCUT2D eigenvalue weighted by Crippen LogP contribution is -2.36. The third-order valence-electron chi connectivity index (χ3n) is 4.76. The molecule has 2 aromatic carbocycles. The number of rotatable bonds is 3. The Hall–Kier alpha value is -2.27. The minimum atomic E-state index is 0.135. The van der Waals surface area contributed by atoms with Crippen LogP contribution in [0.25, 0.3) is 10.8 Å². The van der Waals surface area contributed by atoms with E-state index in [-0.39, 0.29) is 6.04 Å². The van der Waals surface area contributed by atoms with Crippen LogP contribution in [0.1, 0.15) is 30.0 Å². The summed E-state index contributed by atoms with van der Waals surface area (Å²) in [6.45, 7) is 4.23. The lowest BCUT2D eigenvalue weighted by Gasteiger charge is -2.30. The Morgan fingerprint density at radius 1 is 1.17 bits per heavy atom. The molecule has 4 rings (SSSR count). The summed E-state index contributed by atoms with van der Waals surface area (Å²) in [5.41, 5.74) is 2.55. The number of piperidine rings is 1. The molecule has 2 heterocycles. The van der Waals surface area contributed by atoms with Gasteiger partial charge >= 0.3 is 0 Å². The average molecular weight is 307 g/mol. The fourth-order valence-electron chi connectivity index (χ4n) is 3.61. The van der Waals surface area contributed by atoms with Gasteiger partial charge in [0.05, 0.1) is 0 Å². The fourth-order valence-corrected chi connectivity index (χ4v) is 3.61. The fraction of sp³-hybridized carbons (Fsp3) is 0.389. The molecule has 3 aromatic rings. The highest BCUT2D eigenvalue weighted by Gasteiger charge is 2.28. The second-order valence-corrected chi connectivity index (χ2v) is 6.42. The van der Waals surface area contributed by atoms with E-state index in [9.17, 15) is 0 Å². The van der Waals surface area contributed by atoms with Crippen molar-refractivity contribution in [1.29, 1.82) is 0 Å². The van der Waals surface area contributed by atoms with Crippen molar-refractivity contribution in [2.75, 3.05) is 13.1 Å². The third-order valence-corrected chi connectivity index (χ3v) is 4.76. The first-order valence-corrected chi connectivity index (χ1v) is 8.25. The van der Waals surface area contributed by atoms with Gasteiger partial charge in [-0.15, -0.1) is 10.2 Å². The summed E-state index contributed by atoms with van der Waals surface area (Å²) in [5, 5.41) is 18.5. The average Bonchev–Trinajstić information content (AvgIpc) is 3.10. The predicted octanol–water partition coefficient (Wildman–Crippen LogP) is 2.72. The second kappa shape index (κ2) is 6.08. The molecule has 1 fully saturated rings. The quantitative estimate of drug-likeness (QED) is 0.808. The number of aromatic nitrogens is 4. The normalized spacial score (nSPS) is 19.8. The highest BCUT2D eigenvalue weighted by atomic mass is 15.6. The van der Waals surface area contributed by atoms with Crippen LogP contribution in [0.3, 0.4) is 0 Å². The summed E-state index contributed by atoms with van der Waals surface area (Å²) in [5.74, 6) is 0.487. The van der Waals surface area contributed by atoms with Crippen LogP contribution in [-0.4, -0.2) is 33.3 Å². The van der Waals surface area contributed by atoms with Crippen molar-refractivity contribution >= 4 is 10.8 Å². The van der Waals surface area contributed by atoms with E-state index in [1.165, 1.54) is 41.1 Å². The third kappa shape index (κ3) is 2.84. The van der Waals surface area contributed by atoms with Crippen LogP contribution in [-0.2, 0) is 0 Å². The first-order valence-electron chi connectivity index (χ1n) is 8.25. The summed E-state index contributed by atoms with van der Waals surface area (Å²) < 4.78 is 0. The van der Waals surface area contributed by atoms with E-state index in [1.807, 2.05) is 0 Å². The van der Waals surface area contributed by atoms with Gasteiger partial charge in [-0.3, -0.25) is 0 Å². The van der Waals surface area contributed by atoms with Gasteiger partial charge in [0.1, 0.15) is 6.04 Å². The molecule has 1 aliphatic heterocycles. The Labute approximate surface area is 135 Å². The zero-order valence-corrected chi connectivity index (χ0v) is 13.3. The maximum Gasteiger partial charge on any atom is 0.162 e. The van der Waals surface area contributed by atoms with Gasteiger partial charge in [-0.05, 0) is 59.8 Å². The Kier molecular flexibility index (Phi) is 3.79. The van der Waals surface area contributed by atoms with Crippen LogP contribution in [0.4, 0.5) is 0 Å². The van der Waals surface area contributed by atoms with Gasteiger partial charge in [0.2, 0.25) is 0 Å². The lowest BCUT2D eigenvalue weighted by atomic mass is 9.86. The first kappa shape index (κ1) is 14.3. The van der Waals surface area contributed by atoms with E-state index >= 15 is 0 Å². The molecule has 5 nitrogen and oxygen atoms in total. The van der Waals surface area contributed by atoms with E-state index in [0.717, 1.165) is 13.1 Å². The first-order chi connectivity index (χ1) is 11.3. The Morgan fingerprint density at radius 3 is 2.83 bits per heavy atom. The zero-order chi connectivity index (χ0) is 15.6. The van der Waals surface area contributed by atoms with Gasteiger partial charge in [-0.25, -0.2) is 0 Å². The van der Waals surface area contributed by atoms with Crippen LogP contribution in [0, 0.1) is 12.8 Å². The SMILES string of the molecule is Cc1ccc2cc([C@H](C3CCCNC3)n3ncnn3)ccc2c1. The van der Waals surface area contributed by atoms with Gasteiger partial charge in [0, 0.05) is 6.54 Å². The maximum absolute atomic E-state index is 4.33. The molecule has 0 radical (unpaired) electrons. The standard InChI is InChI=1S/C18H21N5/c1-13-4-5-15-10-16(7-6-14(15)9-13)18(23-21-12-20-22-23)17-3-2-8-19-11-17/h4-7,9-10,12,17-19H,2-3,8,11H2,1H3/t17?,18-/m1/s1. The highest BCUT2D eigenvalue weighted by Crippen LogP contribution is 2.31. The Balaban J connectivity index is 1.77. The molecule has 1 N–H and O–H groups in total. The number of benzene rings is 2. The summed E-state index contributed by atoms with van der Waals surface area (Å²) >= 11 is 0. The summed E-state index contributed by atoms with van der Waals surface area (Å²) in [7, 11) is 0. The van der Waals surface area contributed by atoms with Crippen molar-refractivity contribution < 1.29 is 0 Å². The molecule has 2 atom stereocenters. The van der Waals surface area contributed by atoms with E-state index < -0.39 is 0 Å². The van der Waals surface area contributed by atoms with Crippen molar-refractivity contribution in [3.63, 3.8) is 0 Å². The van der Waals surface area contributed by atoms with Crippen LogP contribution >= 0.6 is 0 Å². The molecular formula is C18H21N5. The van der Waals surface area contributed by atoms with Crippen molar-refractivity contribution in [3.05, 3.63) is 53.9 Å².